The molecular formula is C15H22Cl3F3N4O. The SMILES string of the molecule is CNCC1CCN(C(=O)CCNc2ncc(C(F)(F)F)cc2Cl)C1.Cl.Cl. The fourth-order valence-electron chi connectivity index (χ4n) is 2.68. The minimum absolute atomic E-state index is 0. The van der Waals surface area contributed by atoms with E-state index in [4.69, 9.17) is 11.6 Å². The Bertz CT molecular complexity index is 590. The maximum absolute atomic E-state index is 12.5. The molecule has 150 valence electrons. The van der Waals surface area contributed by atoms with E-state index in [0.717, 1.165) is 38.3 Å². The lowest BCUT2D eigenvalue weighted by Crippen LogP contribution is -2.31. The molecule has 1 amide bonds. The minimum Gasteiger partial charge on any atom is -0.368 e. The van der Waals surface area contributed by atoms with Crippen LogP contribution in [0.25, 0.3) is 0 Å². The smallest absolute Gasteiger partial charge is 0.368 e. The van der Waals surface area contributed by atoms with Crippen molar-refractivity contribution in [3.63, 3.8) is 0 Å². The van der Waals surface area contributed by atoms with Gasteiger partial charge in [-0.15, -0.1) is 24.8 Å². The van der Waals surface area contributed by atoms with E-state index in [2.05, 4.69) is 15.6 Å². The van der Waals surface area contributed by atoms with Crippen molar-refractivity contribution in [2.75, 3.05) is 38.5 Å². The van der Waals surface area contributed by atoms with Gasteiger partial charge in [0.25, 0.3) is 0 Å². The van der Waals surface area contributed by atoms with E-state index < -0.39 is 11.7 Å². The summed E-state index contributed by atoms with van der Waals surface area (Å²) in [5.74, 6) is 0.633. The molecule has 1 saturated heterocycles. The number of hydrogen-bond acceptors (Lipinski definition) is 4. The first kappa shape index (κ1) is 25.0. The molecule has 2 N–H and O–H groups in total. The Balaban J connectivity index is 0.00000312. The lowest BCUT2D eigenvalue weighted by Gasteiger charge is -2.17. The summed E-state index contributed by atoms with van der Waals surface area (Å²) >= 11 is 5.80. The number of anilines is 1. The normalized spacial score (nSPS) is 16.7. The zero-order valence-corrected chi connectivity index (χ0v) is 16.5. The second-order valence-corrected chi connectivity index (χ2v) is 6.19. The summed E-state index contributed by atoms with van der Waals surface area (Å²) in [6, 6.07) is 0.821. The van der Waals surface area contributed by atoms with Crippen LogP contribution in [0.5, 0.6) is 0 Å². The molecule has 1 unspecified atom stereocenters. The maximum atomic E-state index is 12.5. The number of aromatic nitrogens is 1. The van der Waals surface area contributed by atoms with E-state index in [-0.39, 0.29) is 54.5 Å². The number of carbonyl (C=O) groups is 1. The van der Waals surface area contributed by atoms with Gasteiger partial charge in [-0.2, -0.15) is 13.2 Å². The molecule has 1 aliphatic rings. The van der Waals surface area contributed by atoms with Gasteiger partial charge in [-0.1, -0.05) is 11.6 Å². The molecule has 0 spiro atoms. The largest absolute Gasteiger partial charge is 0.417 e. The third-order valence-electron chi connectivity index (χ3n) is 3.93. The molecule has 1 aliphatic heterocycles. The number of likely N-dealkylation sites (tertiary alicyclic amines) is 1. The molecule has 1 aromatic rings. The summed E-state index contributed by atoms with van der Waals surface area (Å²) in [5.41, 5.74) is -0.901. The topological polar surface area (TPSA) is 57.3 Å². The first-order chi connectivity index (χ1) is 11.3. The maximum Gasteiger partial charge on any atom is 0.417 e. The molecule has 0 aliphatic carbocycles. The number of nitrogens with one attached hydrogen (secondary N) is 2. The Labute approximate surface area is 167 Å². The lowest BCUT2D eigenvalue weighted by molar-refractivity contribution is -0.137. The second kappa shape index (κ2) is 11.0. The van der Waals surface area contributed by atoms with Crippen molar-refractivity contribution in [3.05, 3.63) is 22.8 Å². The van der Waals surface area contributed by atoms with Gasteiger partial charge in [0.15, 0.2) is 0 Å². The summed E-state index contributed by atoms with van der Waals surface area (Å²) in [6.07, 6.45) is -2.54. The average Bonchev–Trinajstić information content (AvgIpc) is 2.97. The van der Waals surface area contributed by atoms with Gasteiger partial charge < -0.3 is 15.5 Å². The van der Waals surface area contributed by atoms with Crippen molar-refractivity contribution in [3.8, 4) is 0 Å². The van der Waals surface area contributed by atoms with E-state index in [1.165, 1.54) is 0 Å². The van der Waals surface area contributed by atoms with Crippen LogP contribution in [0, 0.1) is 5.92 Å². The van der Waals surface area contributed by atoms with Crippen molar-refractivity contribution in [2.24, 2.45) is 5.92 Å². The fourth-order valence-corrected chi connectivity index (χ4v) is 2.92. The molecule has 5 nitrogen and oxygen atoms in total. The van der Waals surface area contributed by atoms with Gasteiger partial charge in [-0.25, -0.2) is 4.98 Å². The molecule has 1 atom stereocenters. The van der Waals surface area contributed by atoms with Crippen LogP contribution in [0.15, 0.2) is 12.3 Å². The summed E-state index contributed by atoms with van der Waals surface area (Å²) in [4.78, 5) is 17.6. The van der Waals surface area contributed by atoms with E-state index in [1.807, 2.05) is 11.9 Å². The van der Waals surface area contributed by atoms with Crippen LogP contribution in [0.2, 0.25) is 5.02 Å². The molecule has 1 aromatic heterocycles. The molecule has 0 bridgehead atoms. The van der Waals surface area contributed by atoms with Crippen LogP contribution in [0.4, 0.5) is 19.0 Å². The van der Waals surface area contributed by atoms with Gasteiger partial charge in [0, 0.05) is 32.3 Å². The Morgan fingerprint density at radius 3 is 2.69 bits per heavy atom. The predicted molar refractivity (Wildman–Crippen MR) is 100 cm³/mol. The van der Waals surface area contributed by atoms with E-state index in [9.17, 15) is 18.0 Å². The fraction of sp³-hybridized carbons (Fsp3) is 0.600. The van der Waals surface area contributed by atoms with E-state index >= 15 is 0 Å². The van der Waals surface area contributed by atoms with Crippen molar-refractivity contribution >= 4 is 48.1 Å². The summed E-state index contributed by atoms with van der Waals surface area (Å²) in [7, 11) is 1.88. The first-order valence-electron chi connectivity index (χ1n) is 7.70. The molecule has 2 heterocycles. The third-order valence-corrected chi connectivity index (χ3v) is 4.22. The molecular weight excluding hydrogens is 416 g/mol. The Morgan fingerprint density at radius 1 is 1.42 bits per heavy atom. The number of pyridine rings is 1. The number of amides is 1. The third kappa shape index (κ3) is 6.98. The quantitative estimate of drug-likeness (QED) is 0.715. The van der Waals surface area contributed by atoms with Gasteiger partial charge in [-0.05, 0) is 32.0 Å². The van der Waals surface area contributed by atoms with Crippen LogP contribution >= 0.6 is 36.4 Å². The van der Waals surface area contributed by atoms with Crippen molar-refractivity contribution in [2.45, 2.75) is 19.0 Å². The van der Waals surface area contributed by atoms with Crippen molar-refractivity contribution in [1.29, 1.82) is 0 Å². The van der Waals surface area contributed by atoms with Crippen LogP contribution in [0.1, 0.15) is 18.4 Å². The van der Waals surface area contributed by atoms with Crippen LogP contribution in [-0.4, -0.2) is 49.0 Å². The molecule has 1 fully saturated rings. The molecule has 11 heteroatoms. The zero-order valence-electron chi connectivity index (χ0n) is 14.1. The highest BCUT2D eigenvalue weighted by Crippen LogP contribution is 2.32. The summed E-state index contributed by atoms with van der Waals surface area (Å²) < 4.78 is 37.6. The standard InChI is InChI=1S/C15H20ClF3N4O.2ClH/c1-20-7-10-3-5-23(9-10)13(24)2-4-21-14-12(16)6-11(8-22-14)15(17,18)19;;/h6,8,10,20H,2-5,7,9H2,1H3,(H,21,22);2*1H. The molecule has 2 rings (SSSR count). The highest BCUT2D eigenvalue weighted by molar-refractivity contribution is 6.32. The van der Waals surface area contributed by atoms with Gasteiger partial charge in [-0.3, -0.25) is 4.79 Å². The Morgan fingerprint density at radius 2 is 2.12 bits per heavy atom. The van der Waals surface area contributed by atoms with Crippen LogP contribution in [-0.2, 0) is 11.0 Å². The van der Waals surface area contributed by atoms with Crippen molar-refractivity contribution < 1.29 is 18.0 Å². The van der Waals surface area contributed by atoms with Gasteiger partial charge in [0.2, 0.25) is 5.91 Å². The number of nitrogens with zero attached hydrogens (tertiary/aromatic N) is 2. The molecule has 0 aromatic carbocycles. The highest BCUT2D eigenvalue weighted by Gasteiger charge is 2.31. The molecule has 26 heavy (non-hydrogen) atoms. The Hall–Kier alpha value is -0.960. The zero-order chi connectivity index (χ0) is 17.7. The van der Waals surface area contributed by atoms with Crippen molar-refractivity contribution in [1.82, 2.24) is 15.2 Å². The minimum atomic E-state index is -4.48. The van der Waals surface area contributed by atoms with E-state index in [0.29, 0.717) is 5.92 Å². The van der Waals surface area contributed by atoms with Gasteiger partial charge >= 0.3 is 6.18 Å². The van der Waals surface area contributed by atoms with E-state index in [1.54, 1.807) is 0 Å². The molecule has 0 radical (unpaired) electrons. The highest BCUT2D eigenvalue weighted by atomic mass is 35.5. The lowest BCUT2D eigenvalue weighted by atomic mass is 10.1. The monoisotopic (exact) mass is 436 g/mol. The van der Waals surface area contributed by atoms with Crippen LogP contribution in [0.3, 0.4) is 0 Å². The summed E-state index contributed by atoms with van der Waals surface area (Å²) in [6.45, 7) is 2.63. The number of alkyl halides is 3. The number of hydrogen-bond donors (Lipinski definition) is 2. The Kier molecular flexibility index (Phi) is 10.6. The predicted octanol–water partition coefficient (Wildman–Crippen LogP) is 3.47. The number of carbonyl (C=O) groups excluding carboxylic acids is 1. The van der Waals surface area contributed by atoms with Crippen LogP contribution < -0.4 is 10.6 Å². The molecule has 0 saturated carbocycles. The number of rotatable bonds is 6. The second-order valence-electron chi connectivity index (χ2n) is 5.78. The summed E-state index contributed by atoms with van der Waals surface area (Å²) in [5, 5.41) is 5.80. The van der Waals surface area contributed by atoms with Gasteiger partial charge in [0.05, 0.1) is 10.6 Å². The first-order valence-corrected chi connectivity index (χ1v) is 8.08. The number of halogens is 6. The van der Waals surface area contributed by atoms with Gasteiger partial charge in [0.1, 0.15) is 5.82 Å². The average molecular weight is 438 g/mol.